The molecule has 0 aliphatic carbocycles. The van der Waals surface area contributed by atoms with Gasteiger partial charge in [0, 0.05) is 17.1 Å². The molecule has 174 valence electrons. The summed E-state index contributed by atoms with van der Waals surface area (Å²) < 4.78 is 19.7. The first-order valence-electron chi connectivity index (χ1n) is 9.61. The van der Waals surface area contributed by atoms with E-state index >= 15 is 0 Å². The minimum atomic E-state index is -0.964. The Kier molecular flexibility index (Phi) is 10.0. The normalized spacial score (nSPS) is 15.2. The predicted octanol–water partition coefficient (Wildman–Crippen LogP) is 2.06. The lowest BCUT2D eigenvalue weighted by Gasteiger charge is -2.29. The zero-order chi connectivity index (χ0) is 23.5. The Morgan fingerprint density at radius 1 is 1.19 bits per heavy atom. The molecule has 0 saturated heterocycles. The van der Waals surface area contributed by atoms with Crippen LogP contribution >= 0.6 is 23.8 Å². The van der Waals surface area contributed by atoms with Crippen molar-refractivity contribution in [3.05, 3.63) is 46.1 Å². The van der Waals surface area contributed by atoms with Gasteiger partial charge in [0.05, 0.1) is 31.9 Å². The highest BCUT2D eigenvalue weighted by molar-refractivity contribution is 7.80. The Morgan fingerprint density at radius 3 is 2.69 bits per heavy atom. The van der Waals surface area contributed by atoms with Crippen molar-refractivity contribution in [3.63, 3.8) is 0 Å². The lowest BCUT2D eigenvalue weighted by atomic mass is 10.0. The van der Waals surface area contributed by atoms with Crippen molar-refractivity contribution in [1.29, 1.82) is 0 Å². The van der Waals surface area contributed by atoms with Crippen molar-refractivity contribution in [2.24, 2.45) is 0 Å². The Morgan fingerprint density at radius 2 is 1.97 bits per heavy atom. The van der Waals surface area contributed by atoms with Crippen LogP contribution in [-0.2, 0) is 30.2 Å². The van der Waals surface area contributed by atoms with Gasteiger partial charge in [-0.05, 0) is 36.8 Å². The monoisotopic (exact) mass is 485 g/mol. The second-order valence-corrected chi connectivity index (χ2v) is 7.38. The van der Waals surface area contributed by atoms with E-state index in [4.69, 9.17) is 38.0 Å². The summed E-state index contributed by atoms with van der Waals surface area (Å²) in [5, 5.41) is 8.97. The summed E-state index contributed by atoms with van der Waals surface area (Å²) in [4.78, 5) is 35.4. The summed E-state index contributed by atoms with van der Waals surface area (Å²) in [7, 11) is 1.22. The number of thiocarbonyl (C=S) groups is 1. The zero-order valence-electron chi connectivity index (χ0n) is 17.6. The molecule has 10 nitrogen and oxygen atoms in total. The fourth-order valence-corrected chi connectivity index (χ4v) is 3.28. The summed E-state index contributed by atoms with van der Waals surface area (Å²) in [6, 6.07) is 6.54. The molecule has 0 bridgehead atoms. The number of ether oxygens (including phenoxy) is 4. The summed E-state index contributed by atoms with van der Waals surface area (Å²) in [5.74, 6) is -0.573. The number of benzene rings is 1. The molecule has 3 N–H and O–H groups in total. The number of amides is 1. The van der Waals surface area contributed by atoms with Gasteiger partial charge in [-0.2, -0.15) is 0 Å². The Hall–Kier alpha value is -3.05. The second kappa shape index (κ2) is 12.7. The molecule has 1 aromatic carbocycles. The first kappa shape index (κ1) is 25.2. The average molecular weight is 486 g/mol. The van der Waals surface area contributed by atoms with Gasteiger partial charge in [0.15, 0.2) is 5.11 Å². The van der Waals surface area contributed by atoms with Crippen molar-refractivity contribution in [2.75, 3.05) is 33.5 Å². The van der Waals surface area contributed by atoms with E-state index in [1.807, 2.05) is 12.1 Å². The van der Waals surface area contributed by atoms with E-state index in [2.05, 4.69) is 20.7 Å². The van der Waals surface area contributed by atoms with E-state index in [-0.39, 0.29) is 37.1 Å². The Balaban J connectivity index is 1.86. The van der Waals surface area contributed by atoms with Gasteiger partial charge >= 0.3 is 18.2 Å². The zero-order valence-corrected chi connectivity index (χ0v) is 19.1. The standard InChI is InChI=1S/C20H24ClN3O7S/c1-12-16(17(25)29-8-6-13-4-3-5-14(21)10-13)15(24-18(32)23-12)11-31-20(27)30-9-7-22-19(26)28-2/h3-5,10,15H,6-9,11H2,1-2H3,(H,22,26)(H2,23,24,32). The number of allylic oxidation sites excluding steroid dienone is 1. The quantitative estimate of drug-likeness (QED) is 0.207. The van der Waals surface area contributed by atoms with Gasteiger partial charge in [0.25, 0.3) is 0 Å². The molecule has 0 radical (unpaired) electrons. The number of methoxy groups -OCH3 is 1. The van der Waals surface area contributed by atoms with Crippen LogP contribution in [0.2, 0.25) is 5.02 Å². The molecule has 0 aromatic heterocycles. The van der Waals surface area contributed by atoms with E-state index in [0.29, 0.717) is 17.1 Å². The van der Waals surface area contributed by atoms with Crippen LogP contribution in [0.3, 0.4) is 0 Å². The molecule has 0 fully saturated rings. The fourth-order valence-electron chi connectivity index (χ4n) is 2.77. The lowest BCUT2D eigenvalue weighted by molar-refractivity contribution is -0.139. The molecule has 12 heteroatoms. The third-order valence-corrected chi connectivity index (χ3v) is 4.69. The van der Waals surface area contributed by atoms with Gasteiger partial charge in [-0.3, -0.25) is 0 Å². The molecule has 0 spiro atoms. The number of rotatable bonds is 9. The number of nitrogens with one attached hydrogen (secondary N) is 3. The number of hydrogen-bond acceptors (Lipinski definition) is 8. The maximum absolute atomic E-state index is 12.7. The molecular formula is C20H24ClN3O7S. The summed E-state index contributed by atoms with van der Waals surface area (Å²) in [6.45, 7) is 1.54. The maximum atomic E-state index is 12.7. The van der Waals surface area contributed by atoms with Gasteiger partial charge in [0.1, 0.15) is 13.2 Å². The largest absolute Gasteiger partial charge is 0.508 e. The first-order valence-corrected chi connectivity index (χ1v) is 10.4. The van der Waals surface area contributed by atoms with E-state index in [0.717, 1.165) is 5.56 Å². The number of halogens is 1. The molecule has 1 aliphatic heterocycles. The number of esters is 1. The minimum absolute atomic E-state index is 0.0562. The third kappa shape index (κ3) is 8.23. The van der Waals surface area contributed by atoms with Gasteiger partial charge < -0.3 is 34.9 Å². The van der Waals surface area contributed by atoms with Crippen molar-refractivity contribution in [3.8, 4) is 0 Å². The Bertz CT molecular complexity index is 894. The van der Waals surface area contributed by atoms with E-state index < -0.39 is 24.3 Å². The number of alkyl carbamates (subject to hydrolysis) is 1. The maximum Gasteiger partial charge on any atom is 0.508 e. The van der Waals surface area contributed by atoms with Crippen LogP contribution in [0.5, 0.6) is 0 Å². The molecule has 32 heavy (non-hydrogen) atoms. The molecule has 1 amide bonds. The van der Waals surface area contributed by atoms with Crippen molar-refractivity contribution in [2.45, 2.75) is 19.4 Å². The van der Waals surface area contributed by atoms with Gasteiger partial charge in [-0.25, -0.2) is 14.4 Å². The first-order chi connectivity index (χ1) is 15.3. The van der Waals surface area contributed by atoms with E-state index in [9.17, 15) is 14.4 Å². The SMILES string of the molecule is COC(=O)NCCOC(=O)OCC1NC(=S)NC(C)=C1C(=O)OCCc1cccc(Cl)c1. The van der Waals surface area contributed by atoms with Crippen LogP contribution in [0.1, 0.15) is 12.5 Å². The van der Waals surface area contributed by atoms with Crippen LogP contribution < -0.4 is 16.0 Å². The predicted molar refractivity (Wildman–Crippen MR) is 119 cm³/mol. The molecule has 1 aliphatic rings. The highest BCUT2D eigenvalue weighted by Crippen LogP contribution is 2.16. The Labute approximate surface area is 195 Å². The molecule has 1 aromatic rings. The second-order valence-electron chi connectivity index (χ2n) is 6.53. The van der Waals surface area contributed by atoms with E-state index in [1.54, 1.807) is 19.1 Å². The number of carbonyl (C=O) groups excluding carboxylic acids is 3. The molecule has 2 rings (SSSR count). The van der Waals surface area contributed by atoms with Crippen molar-refractivity contribution >= 4 is 47.1 Å². The molecule has 0 saturated carbocycles. The van der Waals surface area contributed by atoms with Crippen LogP contribution in [0.25, 0.3) is 0 Å². The minimum Gasteiger partial charge on any atom is -0.462 e. The molecule has 1 heterocycles. The summed E-state index contributed by atoms with van der Waals surface area (Å²) >= 11 is 11.1. The van der Waals surface area contributed by atoms with Gasteiger partial charge in [-0.1, -0.05) is 23.7 Å². The van der Waals surface area contributed by atoms with Crippen LogP contribution in [0.15, 0.2) is 35.5 Å². The number of carbonyl (C=O) groups is 3. The molecular weight excluding hydrogens is 462 g/mol. The molecule has 1 unspecified atom stereocenters. The topological polar surface area (TPSA) is 124 Å². The fraction of sp³-hybridized carbons (Fsp3) is 0.400. The highest BCUT2D eigenvalue weighted by atomic mass is 35.5. The summed E-state index contributed by atoms with van der Waals surface area (Å²) in [5.41, 5.74) is 1.68. The van der Waals surface area contributed by atoms with Crippen LogP contribution in [0, 0.1) is 0 Å². The van der Waals surface area contributed by atoms with Gasteiger partial charge in [-0.15, -0.1) is 0 Å². The smallest absolute Gasteiger partial charge is 0.462 e. The third-order valence-electron chi connectivity index (χ3n) is 4.24. The lowest BCUT2D eigenvalue weighted by Crippen LogP contribution is -2.52. The number of hydrogen-bond donors (Lipinski definition) is 3. The van der Waals surface area contributed by atoms with Crippen LogP contribution in [0.4, 0.5) is 9.59 Å². The van der Waals surface area contributed by atoms with Gasteiger partial charge in [0.2, 0.25) is 0 Å². The van der Waals surface area contributed by atoms with Crippen LogP contribution in [-0.4, -0.2) is 62.8 Å². The molecule has 1 atom stereocenters. The van der Waals surface area contributed by atoms with E-state index in [1.165, 1.54) is 7.11 Å². The highest BCUT2D eigenvalue weighted by Gasteiger charge is 2.31. The summed E-state index contributed by atoms with van der Waals surface area (Å²) in [6.07, 6.45) is -1.12. The average Bonchev–Trinajstić information content (AvgIpc) is 2.74. The van der Waals surface area contributed by atoms with Crippen molar-refractivity contribution < 1.29 is 33.3 Å². The van der Waals surface area contributed by atoms with Crippen molar-refractivity contribution in [1.82, 2.24) is 16.0 Å².